The first-order valence-electron chi connectivity index (χ1n) is 4.07. The van der Waals surface area contributed by atoms with Crippen molar-refractivity contribution in [3.8, 4) is 0 Å². The minimum Gasteiger partial charge on any atom is -0.426 e. The van der Waals surface area contributed by atoms with E-state index >= 15 is 0 Å². The second kappa shape index (κ2) is 5.95. The summed E-state index contributed by atoms with van der Waals surface area (Å²) in [5.41, 5.74) is 4.82. The van der Waals surface area contributed by atoms with Gasteiger partial charge < -0.3 is 15.2 Å². The summed E-state index contributed by atoms with van der Waals surface area (Å²) in [7, 11) is 0. The zero-order chi connectivity index (χ0) is 11.1. The van der Waals surface area contributed by atoms with Crippen LogP contribution in [0.25, 0.3) is 0 Å². The van der Waals surface area contributed by atoms with Crippen LogP contribution in [0.1, 0.15) is 26.7 Å². The van der Waals surface area contributed by atoms with Crippen LogP contribution in [0.5, 0.6) is 0 Å². The van der Waals surface area contributed by atoms with Gasteiger partial charge in [0.05, 0.1) is 6.42 Å². The summed E-state index contributed by atoms with van der Waals surface area (Å²) in [6, 6.07) is 0. The average Bonchev–Trinajstić information content (AvgIpc) is 1.98. The lowest BCUT2D eigenvalue weighted by Gasteiger charge is -2.12. The number of carbonyl (C=O) groups excluding carboxylic acids is 3. The Kier molecular flexibility index (Phi) is 5.28. The van der Waals surface area contributed by atoms with Gasteiger partial charge in [0.1, 0.15) is 0 Å². The molecule has 80 valence electrons. The predicted octanol–water partition coefficient (Wildman–Crippen LogP) is -0.296. The van der Waals surface area contributed by atoms with E-state index in [-0.39, 0.29) is 12.8 Å². The van der Waals surface area contributed by atoms with Gasteiger partial charge in [0.2, 0.25) is 12.2 Å². The second-order valence-electron chi connectivity index (χ2n) is 2.63. The van der Waals surface area contributed by atoms with Crippen LogP contribution in [0.4, 0.5) is 0 Å². The number of rotatable bonds is 5. The van der Waals surface area contributed by atoms with Crippen LogP contribution in [0.2, 0.25) is 0 Å². The number of ether oxygens (including phenoxy) is 2. The third-order valence-electron chi connectivity index (χ3n) is 1.20. The Morgan fingerprint density at radius 2 is 1.79 bits per heavy atom. The largest absolute Gasteiger partial charge is 0.426 e. The van der Waals surface area contributed by atoms with Crippen LogP contribution in [-0.2, 0) is 23.9 Å². The molecule has 6 heteroatoms. The summed E-state index contributed by atoms with van der Waals surface area (Å²) < 4.78 is 9.15. The van der Waals surface area contributed by atoms with E-state index < -0.39 is 24.1 Å². The molecule has 1 atom stereocenters. The van der Waals surface area contributed by atoms with Crippen molar-refractivity contribution >= 4 is 17.8 Å². The molecule has 0 fully saturated rings. The van der Waals surface area contributed by atoms with Crippen LogP contribution >= 0.6 is 0 Å². The Morgan fingerprint density at radius 3 is 2.21 bits per heavy atom. The van der Waals surface area contributed by atoms with Crippen LogP contribution in [0.15, 0.2) is 0 Å². The van der Waals surface area contributed by atoms with Crippen molar-refractivity contribution in [3.63, 3.8) is 0 Å². The molecular formula is C8H13NO5. The third-order valence-corrected chi connectivity index (χ3v) is 1.20. The lowest BCUT2D eigenvalue weighted by Crippen LogP contribution is -2.21. The zero-order valence-corrected chi connectivity index (χ0v) is 8.11. The molecule has 0 heterocycles. The highest BCUT2D eigenvalue weighted by atomic mass is 16.7. The molecule has 0 radical (unpaired) electrons. The molecule has 6 nitrogen and oxygen atoms in total. The van der Waals surface area contributed by atoms with Crippen molar-refractivity contribution in [2.75, 3.05) is 0 Å². The zero-order valence-electron chi connectivity index (χ0n) is 8.11. The molecule has 0 aliphatic heterocycles. The Balaban J connectivity index is 3.71. The summed E-state index contributed by atoms with van der Waals surface area (Å²) in [6.45, 7) is 2.61. The normalized spacial score (nSPS) is 11.6. The summed E-state index contributed by atoms with van der Waals surface area (Å²) in [6.07, 6.45) is -1.13. The summed E-state index contributed by atoms with van der Waals surface area (Å²) >= 11 is 0. The maximum Gasteiger partial charge on any atom is 0.309 e. The van der Waals surface area contributed by atoms with E-state index in [1.807, 2.05) is 0 Å². The van der Waals surface area contributed by atoms with Crippen molar-refractivity contribution in [1.82, 2.24) is 0 Å². The van der Waals surface area contributed by atoms with E-state index in [9.17, 15) is 14.4 Å². The van der Waals surface area contributed by atoms with E-state index in [4.69, 9.17) is 5.73 Å². The van der Waals surface area contributed by atoms with Gasteiger partial charge in [-0.1, -0.05) is 0 Å². The number of primary amides is 1. The number of nitrogens with two attached hydrogens (primary N) is 1. The quantitative estimate of drug-likeness (QED) is 0.489. The van der Waals surface area contributed by atoms with Crippen molar-refractivity contribution in [2.45, 2.75) is 33.0 Å². The Hall–Kier alpha value is -1.59. The molecule has 1 unspecified atom stereocenters. The van der Waals surface area contributed by atoms with Crippen LogP contribution in [-0.4, -0.2) is 24.1 Å². The van der Waals surface area contributed by atoms with Gasteiger partial charge in [-0.05, 0) is 0 Å². The number of carbonyl (C=O) groups is 3. The van der Waals surface area contributed by atoms with Gasteiger partial charge in [-0.25, -0.2) is 0 Å². The van der Waals surface area contributed by atoms with E-state index in [1.54, 1.807) is 0 Å². The predicted molar refractivity (Wildman–Crippen MR) is 45.7 cm³/mol. The Morgan fingerprint density at radius 1 is 1.21 bits per heavy atom. The molecular weight excluding hydrogens is 190 g/mol. The molecule has 0 aromatic carbocycles. The van der Waals surface area contributed by atoms with Gasteiger partial charge in [-0.15, -0.1) is 0 Å². The summed E-state index contributed by atoms with van der Waals surface area (Å²) in [5.74, 6) is -1.75. The van der Waals surface area contributed by atoms with Gasteiger partial charge in [0.25, 0.3) is 0 Å². The SMILES string of the molecule is CC(=O)OC(C)OC(=O)CCC(N)=O. The standard InChI is InChI=1S/C8H13NO5/c1-5(10)13-6(2)14-8(12)4-3-7(9)11/h6H,3-4H2,1-2H3,(H2,9,11). The second-order valence-corrected chi connectivity index (χ2v) is 2.63. The fourth-order valence-corrected chi connectivity index (χ4v) is 0.727. The van der Waals surface area contributed by atoms with Crippen LogP contribution in [0.3, 0.4) is 0 Å². The minimum atomic E-state index is -0.937. The lowest BCUT2D eigenvalue weighted by molar-refractivity contribution is -0.183. The first-order valence-corrected chi connectivity index (χ1v) is 4.07. The summed E-state index contributed by atoms with van der Waals surface area (Å²) in [4.78, 5) is 31.6. The molecule has 0 bridgehead atoms. The smallest absolute Gasteiger partial charge is 0.309 e. The van der Waals surface area contributed by atoms with E-state index in [0.29, 0.717) is 0 Å². The van der Waals surface area contributed by atoms with Gasteiger partial charge in [0.15, 0.2) is 0 Å². The number of esters is 2. The van der Waals surface area contributed by atoms with Crippen molar-refractivity contribution < 1.29 is 23.9 Å². The molecule has 0 aliphatic rings. The molecule has 0 rings (SSSR count). The number of hydrogen-bond acceptors (Lipinski definition) is 5. The van der Waals surface area contributed by atoms with Gasteiger partial charge in [0, 0.05) is 20.3 Å². The Bertz CT molecular complexity index is 238. The minimum absolute atomic E-state index is 0.0778. The maximum absolute atomic E-state index is 10.9. The van der Waals surface area contributed by atoms with Crippen molar-refractivity contribution in [2.24, 2.45) is 5.73 Å². The molecule has 0 aromatic rings. The monoisotopic (exact) mass is 203 g/mol. The van der Waals surface area contributed by atoms with Gasteiger partial charge in [-0.2, -0.15) is 0 Å². The first-order chi connectivity index (χ1) is 6.41. The van der Waals surface area contributed by atoms with Crippen LogP contribution in [0, 0.1) is 0 Å². The highest BCUT2D eigenvalue weighted by Crippen LogP contribution is 1.99. The molecule has 2 N–H and O–H groups in total. The van der Waals surface area contributed by atoms with Gasteiger partial charge >= 0.3 is 11.9 Å². The van der Waals surface area contributed by atoms with E-state index in [0.717, 1.165) is 0 Å². The lowest BCUT2D eigenvalue weighted by atomic mass is 10.3. The molecule has 0 saturated carbocycles. The fourth-order valence-electron chi connectivity index (χ4n) is 0.727. The topological polar surface area (TPSA) is 95.7 Å². The highest BCUT2D eigenvalue weighted by Gasteiger charge is 2.12. The fraction of sp³-hybridized carbons (Fsp3) is 0.625. The maximum atomic E-state index is 10.9. The van der Waals surface area contributed by atoms with E-state index in [2.05, 4.69) is 9.47 Å². The third kappa shape index (κ3) is 7.08. The van der Waals surface area contributed by atoms with Crippen LogP contribution < -0.4 is 5.73 Å². The Labute approximate surface area is 81.3 Å². The molecule has 14 heavy (non-hydrogen) atoms. The van der Waals surface area contributed by atoms with Crippen molar-refractivity contribution in [1.29, 1.82) is 0 Å². The molecule has 0 aliphatic carbocycles. The highest BCUT2D eigenvalue weighted by molar-refractivity contribution is 5.80. The number of amides is 1. The average molecular weight is 203 g/mol. The first kappa shape index (κ1) is 12.4. The molecule has 0 spiro atoms. The molecule has 0 saturated heterocycles. The van der Waals surface area contributed by atoms with E-state index in [1.165, 1.54) is 13.8 Å². The van der Waals surface area contributed by atoms with Crippen molar-refractivity contribution in [3.05, 3.63) is 0 Å². The van der Waals surface area contributed by atoms with Gasteiger partial charge in [-0.3, -0.25) is 14.4 Å². The summed E-state index contributed by atoms with van der Waals surface area (Å²) in [5, 5.41) is 0. The molecule has 1 amide bonds. The molecule has 0 aromatic heterocycles. The number of hydrogen-bond donors (Lipinski definition) is 1.